The quantitative estimate of drug-likeness (QED) is 0.729. The zero-order chi connectivity index (χ0) is 16.9. The molecule has 0 aliphatic carbocycles. The van der Waals surface area contributed by atoms with Gasteiger partial charge in [-0.15, -0.1) is 0 Å². The Kier molecular flexibility index (Phi) is 4.43. The Morgan fingerprint density at radius 2 is 1.38 bits per heavy atom. The maximum Gasteiger partial charge on any atom is 0.269 e. The molecule has 0 radical (unpaired) electrons. The highest BCUT2D eigenvalue weighted by molar-refractivity contribution is 6.01. The number of hydrogen-bond donors (Lipinski definition) is 2. The molecule has 0 aliphatic rings. The van der Waals surface area contributed by atoms with Crippen molar-refractivity contribution in [2.24, 2.45) is 0 Å². The molecule has 2 amide bonds. The van der Waals surface area contributed by atoms with Crippen LogP contribution in [0.4, 0.5) is 0 Å². The van der Waals surface area contributed by atoms with Crippen LogP contribution in [0.2, 0.25) is 0 Å². The number of nitrogens with one attached hydrogen (secondary N) is 2. The van der Waals surface area contributed by atoms with Crippen LogP contribution < -0.4 is 15.6 Å². The first-order chi connectivity index (χ1) is 11.7. The van der Waals surface area contributed by atoms with Gasteiger partial charge in [-0.2, -0.15) is 0 Å². The molecule has 0 fully saturated rings. The average Bonchev–Trinajstić information content (AvgIpc) is 2.65. The molecule has 0 saturated heterocycles. The van der Waals surface area contributed by atoms with E-state index in [1.165, 1.54) is 0 Å². The fourth-order valence-electron chi connectivity index (χ4n) is 2.34. The van der Waals surface area contributed by atoms with E-state index in [1.54, 1.807) is 43.5 Å². The lowest BCUT2D eigenvalue weighted by Gasteiger charge is -2.08. The Morgan fingerprint density at radius 3 is 2.08 bits per heavy atom. The van der Waals surface area contributed by atoms with E-state index >= 15 is 0 Å². The van der Waals surface area contributed by atoms with Crippen molar-refractivity contribution in [1.29, 1.82) is 0 Å². The van der Waals surface area contributed by atoms with E-state index in [9.17, 15) is 9.59 Å². The van der Waals surface area contributed by atoms with E-state index < -0.39 is 0 Å². The zero-order valence-electron chi connectivity index (χ0n) is 13.1. The molecule has 0 aliphatic heterocycles. The Balaban J connectivity index is 1.71. The van der Waals surface area contributed by atoms with Gasteiger partial charge in [0.25, 0.3) is 11.8 Å². The van der Waals surface area contributed by atoms with Crippen molar-refractivity contribution in [2.45, 2.75) is 0 Å². The van der Waals surface area contributed by atoms with Crippen LogP contribution in [0.3, 0.4) is 0 Å². The molecule has 3 rings (SSSR count). The largest absolute Gasteiger partial charge is 0.497 e. The molecule has 3 aromatic carbocycles. The highest BCUT2D eigenvalue weighted by Crippen LogP contribution is 2.21. The molecule has 0 spiro atoms. The third-order valence-electron chi connectivity index (χ3n) is 3.64. The van der Waals surface area contributed by atoms with E-state index in [4.69, 9.17) is 4.74 Å². The van der Waals surface area contributed by atoms with Gasteiger partial charge in [-0.3, -0.25) is 20.4 Å². The topological polar surface area (TPSA) is 67.4 Å². The van der Waals surface area contributed by atoms with E-state index in [1.807, 2.05) is 30.3 Å². The van der Waals surface area contributed by atoms with Crippen LogP contribution in [-0.4, -0.2) is 18.9 Å². The minimum atomic E-state index is -0.378. The highest BCUT2D eigenvalue weighted by atomic mass is 16.5. The number of rotatable bonds is 3. The number of methoxy groups -OCH3 is 1. The molecule has 24 heavy (non-hydrogen) atoms. The monoisotopic (exact) mass is 320 g/mol. The van der Waals surface area contributed by atoms with E-state index in [0.29, 0.717) is 11.1 Å². The van der Waals surface area contributed by atoms with Crippen LogP contribution in [0, 0.1) is 0 Å². The summed E-state index contributed by atoms with van der Waals surface area (Å²) in [6.45, 7) is 0. The summed E-state index contributed by atoms with van der Waals surface area (Å²) in [7, 11) is 1.61. The standard InChI is InChI=1S/C19H16N2O3/c1-24-17-10-9-14-11-16(8-7-15(14)12-17)19(23)21-20-18(22)13-5-3-2-4-6-13/h2-12H,1H3,(H,20,22)(H,21,23). The molecule has 5 nitrogen and oxygen atoms in total. The van der Waals surface area contributed by atoms with Gasteiger partial charge in [0.2, 0.25) is 0 Å². The lowest BCUT2D eigenvalue weighted by Crippen LogP contribution is -2.41. The third-order valence-corrected chi connectivity index (χ3v) is 3.64. The van der Waals surface area contributed by atoms with Crippen LogP contribution in [0.1, 0.15) is 20.7 Å². The van der Waals surface area contributed by atoms with Gasteiger partial charge in [-0.05, 0) is 47.2 Å². The first kappa shape index (κ1) is 15.6. The number of hydrazine groups is 1. The maximum atomic E-state index is 12.2. The normalized spacial score (nSPS) is 10.2. The van der Waals surface area contributed by atoms with Crippen molar-refractivity contribution in [3.05, 3.63) is 77.9 Å². The number of fused-ring (bicyclic) bond motifs is 1. The van der Waals surface area contributed by atoms with Crippen molar-refractivity contribution < 1.29 is 14.3 Å². The summed E-state index contributed by atoms with van der Waals surface area (Å²) < 4.78 is 5.18. The molecule has 0 saturated carbocycles. The van der Waals surface area contributed by atoms with Crippen molar-refractivity contribution in [1.82, 2.24) is 10.9 Å². The molecule has 120 valence electrons. The molecule has 0 heterocycles. The first-order valence-corrected chi connectivity index (χ1v) is 7.41. The Morgan fingerprint density at radius 1 is 0.750 bits per heavy atom. The number of ether oxygens (including phenoxy) is 1. The molecular weight excluding hydrogens is 304 g/mol. The molecule has 0 atom stereocenters. The molecule has 0 bridgehead atoms. The average molecular weight is 320 g/mol. The molecule has 0 aromatic heterocycles. The van der Waals surface area contributed by atoms with Crippen molar-refractivity contribution in [2.75, 3.05) is 7.11 Å². The van der Waals surface area contributed by atoms with E-state index in [-0.39, 0.29) is 11.8 Å². The number of hydrogen-bond acceptors (Lipinski definition) is 3. The zero-order valence-corrected chi connectivity index (χ0v) is 13.1. The second kappa shape index (κ2) is 6.83. The summed E-state index contributed by atoms with van der Waals surface area (Å²) in [5.41, 5.74) is 5.76. The van der Waals surface area contributed by atoms with Gasteiger partial charge in [-0.1, -0.05) is 30.3 Å². The first-order valence-electron chi connectivity index (χ1n) is 7.41. The molecule has 3 aromatic rings. The molecule has 2 N–H and O–H groups in total. The number of amides is 2. The SMILES string of the molecule is COc1ccc2cc(C(=O)NNC(=O)c3ccccc3)ccc2c1. The summed E-state index contributed by atoms with van der Waals surface area (Å²) in [4.78, 5) is 24.1. The van der Waals surface area contributed by atoms with Gasteiger partial charge in [0.15, 0.2) is 0 Å². The van der Waals surface area contributed by atoms with E-state index in [0.717, 1.165) is 16.5 Å². The van der Waals surface area contributed by atoms with Crippen LogP contribution in [0.25, 0.3) is 10.8 Å². The number of benzene rings is 3. The summed E-state index contributed by atoms with van der Waals surface area (Å²) in [5, 5.41) is 1.89. The summed E-state index contributed by atoms with van der Waals surface area (Å²) in [6, 6.07) is 19.6. The van der Waals surface area contributed by atoms with Crippen LogP contribution >= 0.6 is 0 Å². The summed E-state index contributed by atoms with van der Waals surface area (Å²) in [5.74, 6) is 0.0151. The lowest BCUT2D eigenvalue weighted by atomic mass is 10.1. The smallest absolute Gasteiger partial charge is 0.269 e. The Bertz CT molecular complexity index is 892. The minimum absolute atomic E-state index is 0.366. The molecular formula is C19H16N2O3. The second-order valence-corrected chi connectivity index (χ2v) is 5.20. The predicted molar refractivity (Wildman–Crippen MR) is 91.9 cm³/mol. The second-order valence-electron chi connectivity index (χ2n) is 5.20. The van der Waals surface area contributed by atoms with Crippen molar-refractivity contribution in [3.63, 3.8) is 0 Å². The summed E-state index contributed by atoms with van der Waals surface area (Å²) >= 11 is 0. The summed E-state index contributed by atoms with van der Waals surface area (Å²) in [6.07, 6.45) is 0. The van der Waals surface area contributed by atoms with Gasteiger partial charge in [0.05, 0.1) is 7.11 Å². The van der Waals surface area contributed by atoms with Crippen molar-refractivity contribution in [3.8, 4) is 5.75 Å². The van der Waals surface area contributed by atoms with E-state index in [2.05, 4.69) is 10.9 Å². The molecule has 5 heteroatoms. The maximum absolute atomic E-state index is 12.2. The van der Waals surface area contributed by atoms with Crippen LogP contribution in [-0.2, 0) is 0 Å². The third kappa shape index (κ3) is 3.35. The minimum Gasteiger partial charge on any atom is -0.497 e. The molecule has 0 unspecified atom stereocenters. The highest BCUT2D eigenvalue weighted by Gasteiger charge is 2.09. The Labute approximate surface area is 139 Å². The predicted octanol–water partition coefficient (Wildman–Crippen LogP) is 2.92. The van der Waals surface area contributed by atoms with Crippen LogP contribution in [0.15, 0.2) is 66.7 Å². The van der Waals surface area contributed by atoms with Gasteiger partial charge >= 0.3 is 0 Å². The number of carbonyl (C=O) groups is 2. The lowest BCUT2D eigenvalue weighted by molar-refractivity contribution is 0.0847. The number of carbonyl (C=O) groups excluding carboxylic acids is 2. The van der Waals surface area contributed by atoms with Gasteiger partial charge in [-0.25, -0.2) is 0 Å². The fraction of sp³-hybridized carbons (Fsp3) is 0.0526. The van der Waals surface area contributed by atoms with Crippen molar-refractivity contribution >= 4 is 22.6 Å². The van der Waals surface area contributed by atoms with Crippen LogP contribution in [0.5, 0.6) is 5.75 Å². The Hall–Kier alpha value is -3.34. The van der Waals surface area contributed by atoms with Gasteiger partial charge in [0, 0.05) is 11.1 Å². The van der Waals surface area contributed by atoms with Gasteiger partial charge in [0.1, 0.15) is 5.75 Å². The fourth-order valence-corrected chi connectivity index (χ4v) is 2.34. The van der Waals surface area contributed by atoms with Gasteiger partial charge < -0.3 is 4.74 Å².